The molecule has 1 heteroatoms. The van der Waals surface area contributed by atoms with Crippen LogP contribution in [0.5, 0.6) is 0 Å². The van der Waals surface area contributed by atoms with Gasteiger partial charge in [0.25, 0.3) is 0 Å². The van der Waals surface area contributed by atoms with Crippen molar-refractivity contribution in [2.75, 3.05) is 4.90 Å². The van der Waals surface area contributed by atoms with Gasteiger partial charge in [0.2, 0.25) is 0 Å². The molecule has 1 aliphatic rings. The Morgan fingerprint density at radius 3 is 1.53 bits per heavy atom. The third-order valence-corrected chi connectivity index (χ3v) is 12.9. The van der Waals surface area contributed by atoms with Gasteiger partial charge in [0.1, 0.15) is 0 Å². The molecule has 0 heterocycles. The third-order valence-electron chi connectivity index (χ3n) is 12.9. The Kier molecular flexibility index (Phi) is 9.24. The Labute approximate surface area is 364 Å². The summed E-state index contributed by atoms with van der Waals surface area (Å²) in [5.74, 6) is 0. The lowest BCUT2D eigenvalue weighted by molar-refractivity contribution is 0.660. The molecular formula is C61H45N. The molecule has 62 heavy (non-hydrogen) atoms. The molecule has 0 saturated carbocycles. The maximum Gasteiger partial charge on any atom is 0.0540 e. The average molecular weight is 792 g/mol. The Bertz CT molecular complexity index is 3190. The molecule has 0 amide bonds. The summed E-state index contributed by atoms with van der Waals surface area (Å²) in [5, 5.41) is 2.50. The van der Waals surface area contributed by atoms with Crippen LogP contribution in [0.15, 0.2) is 237 Å². The van der Waals surface area contributed by atoms with Gasteiger partial charge in [-0.15, -0.1) is 0 Å². The van der Waals surface area contributed by atoms with Crippen molar-refractivity contribution in [2.45, 2.75) is 19.3 Å². The highest BCUT2D eigenvalue weighted by Crippen LogP contribution is 2.50. The fourth-order valence-corrected chi connectivity index (χ4v) is 9.69. The van der Waals surface area contributed by atoms with Crippen LogP contribution in [0.4, 0.5) is 17.1 Å². The summed E-state index contributed by atoms with van der Waals surface area (Å²) in [6.07, 6.45) is 0. The first-order valence-corrected chi connectivity index (χ1v) is 21.6. The van der Waals surface area contributed by atoms with E-state index in [9.17, 15) is 0 Å². The van der Waals surface area contributed by atoms with E-state index in [1.807, 2.05) is 0 Å². The number of para-hydroxylation sites is 1. The predicted octanol–water partition coefficient (Wildman–Crippen LogP) is 17.0. The van der Waals surface area contributed by atoms with Crippen LogP contribution in [-0.4, -0.2) is 0 Å². The van der Waals surface area contributed by atoms with Crippen molar-refractivity contribution in [3.05, 3.63) is 248 Å². The van der Waals surface area contributed by atoms with Gasteiger partial charge in [-0.25, -0.2) is 0 Å². The van der Waals surface area contributed by atoms with Crippen LogP contribution in [0.25, 0.3) is 77.5 Å². The molecule has 0 aromatic heterocycles. The van der Waals surface area contributed by atoms with Gasteiger partial charge in [-0.3, -0.25) is 0 Å². The van der Waals surface area contributed by atoms with Crippen molar-refractivity contribution in [3.63, 3.8) is 0 Å². The lowest BCUT2D eigenvalue weighted by Gasteiger charge is -2.29. The zero-order chi connectivity index (χ0) is 41.6. The van der Waals surface area contributed by atoms with Crippen LogP contribution >= 0.6 is 0 Å². The summed E-state index contributed by atoms with van der Waals surface area (Å²) < 4.78 is 0. The maximum atomic E-state index is 2.45. The van der Waals surface area contributed by atoms with Crippen LogP contribution in [0, 0.1) is 0 Å². The highest BCUT2D eigenvalue weighted by atomic mass is 15.1. The second-order valence-corrected chi connectivity index (χ2v) is 16.9. The first-order chi connectivity index (χ1) is 30.5. The molecule has 0 saturated heterocycles. The monoisotopic (exact) mass is 791 g/mol. The lowest BCUT2D eigenvalue weighted by Crippen LogP contribution is -2.14. The Morgan fingerprint density at radius 1 is 0.290 bits per heavy atom. The molecule has 0 spiro atoms. The predicted molar refractivity (Wildman–Crippen MR) is 263 cm³/mol. The van der Waals surface area contributed by atoms with E-state index < -0.39 is 0 Å². The molecule has 10 aromatic rings. The highest BCUT2D eigenvalue weighted by Gasteiger charge is 2.35. The molecule has 0 radical (unpaired) electrons. The minimum atomic E-state index is -0.0620. The molecule has 10 aromatic carbocycles. The van der Waals surface area contributed by atoms with E-state index in [2.05, 4.69) is 255 Å². The smallest absolute Gasteiger partial charge is 0.0540 e. The maximum absolute atomic E-state index is 2.45. The summed E-state index contributed by atoms with van der Waals surface area (Å²) >= 11 is 0. The normalized spacial score (nSPS) is 12.5. The van der Waals surface area contributed by atoms with E-state index in [1.165, 1.54) is 77.5 Å². The van der Waals surface area contributed by atoms with Gasteiger partial charge in [-0.05, 0) is 132 Å². The SMILES string of the molecule is CC1(C)c2ccccc2-c2ccc(-c3ccc(N(c4cc(-c5ccccc5)cc(-c5ccccc5)c4)c4ccccc4-c4cccc(-c5cccc6ccccc56)c4)cc3)cc21. The Balaban J connectivity index is 1.08. The highest BCUT2D eigenvalue weighted by molar-refractivity contribution is 5.98. The number of benzene rings is 10. The van der Waals surface area contributed by atoms with E-state index >= 15 is 0 Å². The van der Waals surface area contributed by atoms with Gasteiger partial charge in [-0.2, -0.15) is 0 Å². The lowest BCUT2D eigenvalue weighted by atomic mass is 9.81. The van der Waals surface area contributed by atoms with Crippen LogP contribution in [0.3, 0.4) is 0 Å². The van der Waals surface area contributed by atoms with Gasteiger partial charge < -0.3 is 4.90 Å². The van der Waals surface area contributed by atoms with Crippen molar-refractivity contribution in [3.8, 4) is 66.8 Å². The number of fused-ring (bicyclic) bond motifs is 4. The zero-order valence-electron chi connectivity index (χ0n) is 35.0. The molecule has 0 aliphatic heterocycles. The minimum Gasteiger partial charge on any atom is -0.310 e. The molecule has 0 unspecified atom stereocenters. The quantitative estimate of drug-likeness (QED) is 0.148. The largest absolute Gasteiger partial charge is 0.310 e. The fraction of sp³-hybridized carbons (Fsp3) is 0.0492. The fourth-order valence-electron chi connectivity index (χ4n) is 9.69. The number of rotatable bonds is 8. The van der Waals surface area contributed by atoms with E-state index in [4.69, 9.17) is 0 Å². The first kappa shape index (κ1) is 37.3. The standard InChI is InChI=1S/C61H45N/c1-61(2)58-29-13-11-27-56(58)57-36-33-46(41-59(57)61)44-31-34-51(35-32-44)62(52-39-49(42-17-5-3-6-18-42)38-50(40-52)43-19-7-4-8-20-43)60-30-14-12-26-55(60)48-24-15-23-47(37-48)54-28-16-22-45-21-9-10-25-53(45)54/h3-41H,1-2H3. The topological polar surface area (TPSA) is 3.24 Å². The second kappa shape index (κ2) is 15.4. The van der Waals surface area contributed by atoms with Crippen molar-refractivity contribution in [2.24, 2.45) is 0 Å². The van der Waals surface area contributed by atoms with Crippen molar-refractivity contribution in [1.82, 2.24) is 0 Å². The minimum absolute atomic E-state index is 0.0620. The summed E-state index contributed by atoms with van der Waals surface area (Å²) in [5.41, 5.74) is 20.6. The number of anilines is 3. The second-order valence-electron chi connectivity index (χ2n) is 16.9. The molecule has 11 rings (SSSR count). The average Bonchev–Trinajstić information content (AvgIpc) is 3.57. The molecule has 0 bridgehead atoms. The summed E-state index contributed by atoms with van der Waals surface area (Å²) in [6, 6.07) is 86.7. The molecule has 1 aliphatic carbocycles. The summed E-state index contributed by atoms with van der Waals surface area (Å²) in [4.78, 5) is 2.45. The third kappa shape index (κ3) is 6.60. The molecular weight excluding hydrogens is 747 g/mol. The molecule has 0 N–H and O–H groups in total. The molecule has 0 fully saturated rings. The number of nitrogens with zero attached hydrogens (tertiary/aromatic N) is 1. The zero-order valence-corrected chi connectivity index (χ0v) is 35.0. The summed E-state index contributed by atoms with van der Waals surface area (Å²) in [6.45, 7) is 4.70. The molecule has 1 nitrogen and oxygen atoms in total. The van der Waals surface area contributed by atoms with Gasteiger partial charge in [-0.1, -0.05) is 202 Å². The van der Waals surface area contributed by atoms with Crippen LogP contribution in [0.2, 0.25) is 0 Å². The molecule has 294 valence electrons. The van der Waals surface area contributed by atoms with Crippen LogP contribution in [-0.2, 0) is 5.41 Å². The summed E-state index contributed by atoms with van der Waals surface area (Å²) in [7, 11) is 0. The van der Waals surface area contributed by atoms with Crippen molar-refractivity contribution >= 4 is 27.8 Å². The van der Waals surface area contributed by atoms with E-state index in [-0.39, 0.29) is 5.41 Å². The van der Waals surface area contributed by atoms with Gasteiger partial charge in [0.05, 0.1) is 5.69 Å². The van der Waals surface area contributed by atoms with Gasteiger partial charge in [0, 0.05) is 22.4 Å². The van der Waals surface area contributed by atoms with Crippen LogP contribution < -0.4 is 4.90 Å². The van der Waals surface area contributed by atoms with Crippen molar-refractivity contribution < 1.29 is 0 Å². The number of hydrogen-bond acceptors (Lipinski definition) is 1. The number of hydrogen-bond donors (Lipinski definition) is 0. The van der Waals surface area contributed by atoms with Crippen LogP contribution in [0.1, 0.15) is 25.0 Å². The first-order valence-electron chi connectivity index (χ1n) is 21.6. The van der Waals surface area contributed by atoms with E-state index in [1.54, 1.807) is 0 Å². The molecule has 0 atom stereocenters. The van der Waals surface area contributed by atoms with Gasteiger partial charge in [0.15, 0.2) is 0 Å². The van der Waals surface area contributed by atoms with Crippen molar-refractivity contribution in [1.29, 1.82) is 0 Å². The Morgan fingerprint density at radius 2 is 0.790 bits per heavy atom. The van der Waals surface area contributed by atoms with E-state index in [0.717, 1.165) is 28.2 Å². The Hall–Kier alpha value is -7.74. The van der Waals surface area contributed by atoms with E-state index in [0.29, 0.717) is 0 Å². The van der Waals surface area contributed by atoms with Gasteiger partial charge >= 0.3 is 0 Å².